The fraction of sp³-hybridized carbons (Fsp3) is 0.444. The third kappa shape index (κ3) is 2.77. The molecular weight excluding hydrogens is 292 g/mol. The topological polar surface area (TPSA) is 49.9 Å². The number of hydrogen-bond donors (Lipinski definition) is 0. The third-order valence-corrected chi connectivity index (χ3v) is 4.34. The zero-order valence-corrected chi connectivity index (χ0v) is 14.0. The highest BCUT2D eigenvalue weighted by Crippen LogP contribution is 2.32. The van der Waals surface area contributed by atoms with Gasteiger partial charge in [0, 0.05) is 20.1 Å². The molecule has 2 heterocycles. The number of imide groups is 1. The summed E-state index contributed by atoms with van der Waals surface area (Å²) in [4.78, 5) is 28.5. The van der Waals surface area contributed by atoms with Gasteiger partial charge in [0.15, 0.2) is 0 Å². The number of carbonyl (C=O) groups is 2. The molecule has 0 spiro atoms. The second-order valence-electron chi connectivity index (χ2n) is 6.42. The van der Waals surface area contributed by atoms with Gasteiger partial charge in [0.1, 0.15) is 5.70 Å². The number of amides is 2. The van der Waals surface area contributed by atoms with Crippen molar-refractivity contribution in [2.24, 2.45) is 0 Å². The van der Waals surface area contributed by atoms with E-state index in [1.54, 1.807) is 7.05 Å². The van der Waals surface area contributed by atoms with Crippen LogP contribution in [-0.4, -0.2) is 54.0 Å². The standard InChI is InChI=1S/C18H22N2O3/c1-11-5-7-14(8-6-11)15-16(18(22)19(4)17(15)21)20-9-12(2)23-13(3)10-20/h5-8,12-13H,9-10H2,1-4H3. The number of aryl methyl sites for hydroxylation is 1. The van der Waals surface area contributed by atoms with Crippen LogP contribution in [0.5, 0.6) is 0 Å². The maximum absolute atomic E-state index is 12.6. The number of rotatable bonds is 2. The molecule has 0 bridgehead atoms. The molecule has 0 N–H and O–H groups in total. The van der Waals surface area contributed by atoms with Gasteiger partial charge in [-0.3, -0.25) is 14.5 Å². The summed E-state index contributed by atoms with van der Waals surface area (Å²) < 4.78 is 5.75. The van der Waals surface area contributed by atoms with E-state index in [1.807, 2.05) is 49.9 Å². The van der Waals surface area contributed by atoms with Gasteiger partial charge < -0.3 is 9.64 Å². The second-order valence-corrected chi connectivity index (χ2v) is 6.42. The molecular formula is C18H22N2O3. The average Bonchev–Trinajstić information content (AvgIpc) is 2.71. The maximum atomic E-state index is 12.6. The van der Waals surface area contributed by atoms with E-state index in [1.165, 1.54) is 4.90 Å². The first-order chi connectivity index (χ1) is 10.9. The number of morpholine rings is 1. The monoisotopic (exact) mass is 314 g/mol. The summed E-state index contributed by atoms with van der Waals surface area (Å²) in [6.07, 6.45) is 0.0543. The molecule has 1 fully saturated rings. The maximum Gasteiger partial charge on any atom is 0.277 e. The van der Waals surface area contributed by atoms with Crippen LogP contribution < -0.4 is 0 Å². The normalized spacial score (nSPS) is 25.6. The van der Waals surface area contributed by atoms with Crippen molar-refractivity contribution in [2.45, 2.75) is 33.0 Å². The predicted octanol–water partition coefficient (Wildman–Crippen LogP) is 1.81. The van der Waals surface area contributed by atoms with Crippen LogP contribution in [0.4, 0.5) is 0 Å². The molecule has 0 aliphatic carbocycles. The quantitative estimate of drug-likeness (QED) is 0.781. The van der Waals surface area contributed by atoms with Crippen molar-refractivity contribution in [3.05, 3.63) is 41.1 Å². The Labute approximate surface area is 136 Å². The van der Waals surface area contributed by atoms with Crippen LogP contribution >= 0.6 is 0 Å². The van der Waals surface area contributed by atoms with Gasteiger partial charge in [0.05, 0.1) is 17.8 Å². The summed E-state index contributed by atoms with van der Waals surface area (Å²) in [6, 6.07) is 7.73. The summed E-state index contributed by atoms with van der Waals surface area (Å²) in [5.41, 5.74) is 2.91. The minimum absolute atomic E-state index is 0.0272. The Morgan fingerprint density at radius 3 is 2.13 bits per heavy atom. The molecule has 2 aliphatic rings. The molecule has 2 aliphatic heterocycles. The highest BCUT2D eigenvalue weighted by molar-refractivity contribution is 6.35. The van der Waals surface area contributed by atoms with Crippen molar-refractivity contribution in [3.63, 3.8) is 0 Å². The number of nitrogens with zero attached hydrogens (tertiary/aromatic N) is 2. The van der Waals surface area contributed by atoms with Crippen LogP contribution in [-0.2, 0) is 14.3 Å². The summed E-state index contributed by atoms with van der Waals surface area (Å²) in [6.45, 7) is 7.20. The van der Waals surface area contributed by atoms with Gasteiger partial charge in [-0.15, -0.1) is 0 Å². The van der Waals surface area contributed by atoms with Gasteiger partial charge in [-0.1, -0.05) is 29.8 Å². The molecule has 1 aromatic carbocycles. The van der Waals surface area contributed by atoms with Crippen LogP contribution in [0.3, 0.4) is 0 Å². The molecule has 1 aromatic rings. The van der Waals surface area contributed by atoms with Crippen molar-refractivity contribution in [1.29, 1.82) is 0 Å². The van der Waals surface area contributed by atoms with Gasteiger partial charge in [0.2, 0.25) is 0 Å². The fourth-order valence-electron chi connectivity index (χ4n) is 3.26. The molecule has 5 nitrogen and oxygen atoms in total. The van der Waals surface area contributed by atoms with Crippen LogP contribution in [0.25, 0.3) is 5.57 Å². The summed E-state index contributed by atoms with van der Waals surface area (Å²) >= 11 is 0. The van der Waals surface area contributed by atoms with E-state index in [9.17, 15) is 9.59 Å². The highest BCUT2D eigenvalue weighted by Gasteiger charge is 2.41. The van der Waals surface area contributed by atoms with Crippen molar-refractivity contribution in [3.8, 4) is 0 Å². The number of benzene rings is 1. The Balaban J connectivity index is 2.08. The molecule has 5 heteroatoms. The number of carbonyl (C=O) groups excluding carboxylic acids is 2. The van der Waals surface area contributed by atoms with Crippen molar-refractivity contribution >= 4 is 17.4 Å². The van der Waals surface area contributed by atoms with Crippen LogP contribution in [0, 0.1) is 6.92 Å². The Bertz CT molecular complexity index is 668. The molecule has 2 atom stereocenters. The van der Waals surface area contributed by atoms with Crippen LogP contribution in [0.1, 0.15) is 25.0 Å². The SMILES string of the molecule is Cc1ccc(C2=C(N3CC(C)OC(C)C3)C(=O)N(C)C2=O)cc1. The molecule has 0 saturated carbocycles. The number of ether oxygens (including phenoxy) is 1. The first-order valence-corrected chi connectivity index (χ1v) is 7.92. The van der Waals surface area contributed by atoms with Gasteiger partial charge in [-0.25, -0.2) is 0 Å². The molecule has 0 radical (unpaired) electrons. The lowest BCUT2D eigenvalue weighted by Gasteiger charge is -2.37. The second kappa shape index (κ2) is 5.81. The molecule has 3 rings (SSSR count). The largest absolute Gasteiger partial charge is 0.372 e. The Morgan fingerprint density at radius 2 is 1.57 bits per heavy atom. The van der Waals surface area contributed by atoms with Gasteiger partial charge in [-0.05, 0) is 26.3 Å². The summed E-state index contributed by atoms with van der Waals surface area (Å²) in [5.74, 6) is -0.465. The highest BCUT2D eigenvalue weighted by atomic mass is 16.5. The average molecular weight is 314 g/mol. The van der Waals surface area contributed by atoms with Crippen LogP contribution in [0.15, 0.2) is 30.0 Å². The first kappa shape index (κ1) is 15.7. The molecule has 2 unspecified atom stereocenters. The van der Waals surface area contributed by atoms with E-state index in [0.717, 1.165) is 11.1 Å². The predicted molar refractivity (Wildman–Crippen MR) is 87.5 cm³/mol. The van der Waals surface area contributed by atoms with E-state index in [0.29, 0.717) is 24.4 Å². The molecule has 23 heavy (non-hydrogen) atoms. The van der Waals surface area contributed by atoms with Gasteiger partial charge in [0.25, 0.3) is 11.8 Å². The minimum atomic E-state index is -0.236. The number of likely N-dealkylation sites (N-methyl/N-ethyl adjacent to an activating group) is 1. The van der Waals surface area contributed by atoms with Crippen LogP contribution in [0.2, 0.25) is 0 Å². The number of hydrogen-bond acceptors (Lipinski definition) is 4. The van der Waals surface area contributed by atoms with E-state index in [-0.39, 0.29) is 24.0 Å². The summed E-state index contributed by atoms with van der Waals surface area (Å²) in [7, 11) is 1.54. The lowest BCUT2D eigenvalue weighted by atomic mass is 10.0. The molecule has 122 valence electrons. The van der Waals surface area contributed by atoms with Gasteiger partial charge in [-0.2, -0.15) is 0 Å². The van der Waals surface area contributed by atoms with Crippen molar-refractivity contribution in [2.75, 3.05) is 20.1 Å². The lowest BCUT2D eigenvalue weighted by Crippen LogP contribution is -2.46. The van der Waals surface area contributed by atoms with E-state index >= 15 is 0 Å². The fourth-order valence-corrected chi connectivity index (χ4v) is 3.26. The zero-order valence-electron chi connectivity index (χ0n) is 14.0. The Morgan fingerprint density at radius 1 is 1.00 bits per heavy atom. The van der Waals surface area contributed by atoms with Crippen molar-refractivity contribution < 1.29 is 14.3 Å². The van der Waals surface area contributed by atoms with E-state index in [4.69, 9.17) is 4.74 Å². The van der Waals surface area contributed by atoms with E-state index < -0.39 is 0 Å². The first-order valence-electron chi connectivity index (χ1n) is 7.92. The molecule has 1 saturated heterocycles. The summed E-state index contributed by atoms with van der Waals surface area (Å²) in [5, 5.41) is 0. The third-order valence-electron chi connectivity index (χ3n) is 4.34. The Kier molecular flexibility index (Phi) is 3.98. The Hall–Kier alpha value is -2.14. The smallest absolute Gasteiger partial charge is 0.277 e. The minimum Gasteiger partial charge on any atom is -0.372 e. The van der Waals surface area contributed by atoms with Crippen molar-refractivity contribution in [1.82, 2.24) is 9.80 Å². The zero-order chi connectivity index (χ0) is 16.7. The lowest BCUT2D eigenvalue weighted by molar-refractivity contribution is -0.136. The van der Waals surface area contributed by atoms with E-state index in [2.05, 4.69) is 0 Å². The molecule has 2 amide bonds. The van der Waals surface area contributed by atoms with Gasteiger partial charge >= 0.3 is 0 Å². The molecule has 0 aromatic heterocycles.